The molecule has 0 N–H and O–H groups in total. The van der Waals surface area contributed by atoms with Crippen LogP contribution in [-0.2, 0) is 5.41 Å². The molecule has 0 bridgehead atoms. The lowest BCUT2D eigenvalue weighted by Gasteiger charge is -2.37. The summed E-state index contributed by atoms with van der Waals surface area (Å²) < 4.78 is 0. The van der Waals surface area contributed by atoms with Gasteiger partial charge >= 0.3 is 0 Å². The van der Waals surface area contributed by atoms with Gasteiger partial charge in [0.2, 0.25) is 0 Å². The molecule has 0 saturated carbocycles. The Morgan fingerprint density at radius 1 is 0.688 bits per heavy atom. The van der Waals surface area contributed by atoms with Crippen molar-refractivity contribution in [3.05, 3.63) is 93.0 Å². The van der Waals surface area contributed by atoms with Crippen molar-refractivity contribution in [1.82, 2.24) is 0 Å². The Balaban J connectivity index is 2.05. The molecule has 3 aromatic rings. The van der Waals surface area contributed by atoms with E-state index in [9.17, 15) is 0 Å². The van der Waals surface area contributed by atoms with Gasteiger partial charge in [-0.2, -0.15) is 0 Å². The molecular weight excluding hydrogens is 384 g/mol. The van der Waals surface area contributed by atoms with Crippen LogP contribution in [-0.4, -0.2) is 0 Å². The van der Waals surface area contributed by atoms with Crippen molar-refractivity contribution < 1.29 is 0 Å². The lowest BCUT2D eigenvalue weighted by Crippen LogP contribution is -2.30. The van der Waals surface area contributed by atoms with Gasteiger partial charge in [0.05, 0.1) is 0 Å². The van der Waals surface area contributed by atoms with E-state index in [1.54, 1.807) is 0 Å². The highest BCUT2D eigenvalue weighted by atomic mass is 14.5. The second-order valence-corrected chi connectivity index (χ2v) is 10.4. The molecule has 1 atom stereocenters. The summed E-state index contributed by atoms with van der Waals surface area (Å²) in [6, 6.07) is 19.4. The van der Waals surface area contributed by atoms with Crippen LogP contribution >= 0.6 is 0 Å². The number of rotatable bonds is 7. The molecule has 0 aromatic heterocycles. The van der Waals surface area contributed by atoms with Gasteiger partial charge in [0.15, 0.2) is 0 Å². The minimum absolute atomic E-state index is 0.0658. The number of aryl methyl sites for hydroxylation is 5. The van der Waals surface area contributed by atoms with E-state index in [2.05, 4.69) is 97.0 Å². The summed E-state index contributed by atoms with van der Waals surface area (Å²) in [4.78, 5) is 0. The van der Waals surface area contributed by atoms with Crippen molar-refractivity contribution >= 4 is 0 Å². The van der Waals surface area contributed by atoms with Gasteiger partial charge < -0.3 is 0 Å². The molecule has 168 valence electrons. The van der Waals surface area contributed by atoms with Gasteiger partial charge in [-0.3, -0.25) is 0 Å². The van der Waals surface area contributed by atoms with Crippen LogP contribution in [0.5, 0.6) is 0 Å². The Morgan fingerprint density at radius 3 is 1.66 bits per heavy atom. The third kappa shape index (κ3) is 3.72. The maximum absolute atomic E-state index is 2.52. The number of unbranched alkanes of at least 4 members (excludes halogenated alkanes) is 1. The van der Waals surface area contributed by atoms with Crippen LogP contribution in [0.3, 0.4) is 0 Å². The highest BCUT2D eigenvalue weighted by molar-refractivity contribution is 5.85. The fraction of sp³-hybridized carbons (Fsp3) is 0.438. The molecule has 0 heteroatoms. The molecule has 0 amide bonds. The van der Waals surface area contributed by atoms with Crippen molar-refractivity contribution in [1.29, 1.82) is 0 Å². The molecule has 3 aromatic carbocycles. The minimum Gasteiger partial charge on any atom is -0.0654 e. The maximum atomic E-state index is 2.52. The fourth-order valence-electron chi connectivity index (χ4n) is 5.79. The summed E-state index contributed by atoms with van der Waals surface area (Å²) in [5, 5.41) is 0. The third-order valence-electron chi connectivity index (χ3n) is 8.16. The van der Waals surface area contributed by atoms with E-state index >= 15 is 0 Å². The minimum atomic E-state index is -0.0658. The van der Waals surface area contributed by atoms with Crippen LogP contribution in [0, 0.1) is 40.5 Å². The predicted octanol–water partition coefficient (Wildman–Crippen LogP) is 9.15. The molecule has 0 nitrogen and oxygen atoms in total. The Bertz CT molecular complexity index is 1060. The van der Waals surface area contributed by atoms with E-state index in [0.29, 0.717) is 0 Å². The Kier molecular flexibility index (Phi) is 6.35. The zero-order valence-electron chi connectivity index (χ0n) is 21.2. The summed E-state index contributed by atoms with van der Waals surface area (Å²) in [5.74, 6) is 0.721. The molecule has 32 heavy (non-hydrogen) atoms. The number of fused-ring (bicyclic) bond motifs is 3. The normalized spacial score (nSPS) is 14.8. The van der Waals surface area contributed by atoms with E-state index in [1.807, 2.05) is 0 Å². The Labute approximate surface area is 196 Å². The lowest BCUT2D eigenvalue weighted by atomic mass is 9.65. The summed E-state index contributed by atoms with van der Waals surface area (Å²) in [6.45, 7) is 16.0. The topological polar surface area (TPSA) is 0 Å². The molecule has 0 fully saturated rings. The SMILES string of the molecule is CCCCC(CC)CC1(c2ccc(C)cc2)c2cc(C)c(C)cc2-c2cc(C)c(C)cc21. The predicted molar refractivity (Wildman–Crippen MR) is 140 cm³/mol. The average molecular weight is 425 g/mol. The van der Waals surface area contributed by atoms with Crippen LogP contribution in [0.4, 0.5) is 0 Å². The lowest BCUT2D eigenvalue weighted by molar-refractivity contribution is 0.362. The van der Waals surface area contributed by atoms with E-state index in [0.717, 1.165) is 5.92 Å². The molecule has 0 heterocycles. The van der Waals surface area contributed by atoms with E-state index in [1.165, 1.54) is 87.7 Å². The zero-order chi connectivity index (χ0) is 23.0. The molecule has 0 spiro atoms. The Morgan fingerprint density at radius 2 is 1.19 bits per heavy atom. The van der Waals surface area contributed by atoms with Gasteiger partial charge in [-0.25, -0.2) is 0 Å². The smallest absolute Gasteiger partial charge is 0.0466 e. The van der Waals surface area contributed by atoms with E-state index in [-0.39, 0.29) is 5.41 Å². The Hall–Kier alpha value is -2.34. The third-order valence-corrected chi connectivity index (χ3v) is 8.16. The van der Waals surface area contributed by atoms with Gasteiger partial charge in [-0.05, 0) is 97.0 Å². The molecule has 1 unspecified atom stereocenters. The van der Waals surface area contributed by atoms with Gasteiger partial charge in [-0.1, -0.05) is 93.6 Å². The molecule has 0 radical (unpaired) electrons. The van der Waals surface area contributed by atoms with E-state index in [4.69, 9.17) is 0 Å². The summed E-state index contributed by atoms with van der Waals surface area (Å²) >= 11 is 0. The van der Waals surface area contributed by atoms with Crippen LogP contribution < -0.4 is 0 Å². The number of hydrogen-bond acceptors (Lipinski definition) is 0. The zero-order valence-corrected chi connectivity index (χ0v) is 21.2. The first-order valence-corrected chi connectivity index (χ1v) is 12.6. The monoisotopic (exact) mass is 424 g/mol. The second-order valence-electron chi connectivity index (χ2n) is 10.4. The van der Waals surface area contributed by atoms with Crippen molar-refractivity contribution in [2.75, 3.05) is 0 Å². The number of hydrogen-bond donors (Lipinski definition) is 0. The molecule has 0 saturated heterocycles. The standard InChI is InChI=1S/C32H40/c1-8-10-11-26(9-2)20-32(27-14-12-21(3)13-15-27)30-18-24(6)22(4)16-28(30)29-17-23(5)25(7)19-31(29)32/h12-19,26H,8-11,20H2,1-7H3. The quantitative estimate of drug-likeness (QED) is 0.354. The van der Waals surface area contributed by atoms with Gasteiger partial charge in [-0.15, -0.1) is 0 Å². The highest BCUT2D eigenvalue weighted by Gasteiger charge is 2.46. The first kappa shape index (κ1) is 22.8. The van der Waals surface area contributed by atoms with E-state index < -0.39 is 0 Å². The fourth-order valence-corrected chi connectivity index (χ4v) is 5.79. The van der Waals surface area contributed by atoms with Crippen molar-refractivity contribution in [2.24, 2.45) is 5.92 Å². The van der Waals surface area contributed by atoms with Crippen molar-refractivity contribution in [3.63, 3.8) is 0 Å². The molecule has 4 rings (SSSR count). The van der Waals surface area contributed by atoms with Crippen LogP contribution in [0.2, 0.25) is 0 Å². The average Bonchev–Trinajstić information content (AvgIpc) is 3.01. The number of benzene rings is 3. The van der Waals surface area contributed by atoms with Crippen LogP contribution in [0.1, 0.15) is 90.5 Å². The van der Waals surface area contributed by atoms with Crippen LogP contribution in [0.25, 0.3) is 11.1 Å². The summed E-state index contributed by atoms with van der Waals surface area (Å²) in [6.07, 6.45) is 6.35. The molecular formula is C32H40. The summed E-state index contributed by atoms with van der Waals surface area (Å²) in [7, 11) is 0. The van der Waals surface area contributed by atoms with Gasteiger partial charge in [0, 0.05) is 5.41 Å². The first-order valence-electron chi connectivity index (χ1n) is 12.6. The van der Waals surface area contributed by atoms with Crippen LogP contribution in [0.15, 0.2) is 48.5 Å². The molecule has 1 aliphatic rings. The second kappa shape index (κ2) is 8.89. The van der Waals surface area contributed by atoms with Crippen molar-refractivity contribution in [3.8, 4) is 11.1 Å². The maximum Gasteiger partial charge on any atom is 0.0466 e. The van der Waals surface area contributed by atoms with Gasteiger partial charge in [0.25, 0.3) is 0 Å². The largest absolute Gasteiger partial charge is 0.0654 e. The summed E-state index contributed by atoms with van der Waals surface area (Å²) in [5.41, 5.74) is 14.3. The highest BCUT2D eigenvalue weighted by Crippen LogP contribution is 2.57. The van der Waals surface area contributed by atoms with Crippen molar-refractivity contribution in [2.45, 2.75) is 86.0 Å². The first-order chi connectivity index (χ1) is 15.3. The van der Waals surface area contributed by atoms with Gasteiger partial charge in [0.1, 0.15) is 0 Å². The molecule has 0 aliphatic heterocycles. The molecule has 1 aliphatic carbocycles.